The summed E-state index contributed by atoms with van der Waals surface area (Å²) in [5.41, 5.74) is 0. The molecule has 1 aromatic rings. The van der Waals surface area contributed by atoms with E-state index in [0.29, 0.717) is 18.8 Å². The lowest BCUT2D eigenvalue weighted by Crippen LogP contribution is -2.43. The van der Waals surface area contributed by atoms with Crippen molar-refractivity contribution >= 4 is 12.0 Å². The molecule has 6 nitrogen and oxygen atoms in total. The Morgan fingerprint density at radius 1 is 1.56 bits per heavy atom. The van der Waals surface area contributed by atoms with Gasteiger partial charge in [0.25, 0.3) is 0 Å². The second-order valence-corrected chi connectivity index (χ2v) is 4.33. The molecular weight excluding hydrogens is 236 g/mol. The molecule has 2 rings (SSSR count). The van der Waals surface area contributed by atoms with Gasteiger partial charge in [-0.2, -0.15) is 0 Å². The number of likely N-dealkylation sites (tertiary alicyclic amines) is 1. The van der Waals surface area contributed by atoms with Gasteiger partial charge in [0.05, 0.1) is 19.2 Å². The van der Waals surface area contributed by atoms with Gasteiger partial charge in [-0.05, 0) is 25.0 Å². The van der Waals surface area contributed by atoms with Crippen LogP contribution in [-0.2, 0) is 11.3 Å². The maximum Gasteiger partial charge on any atom is 0.318 e. The van der Waals surface area contributed by atoms with Crippen LogP contribution in [0.25, 0.3) is 0 Å². The molecule has 1 aromatic heterocycles. The quantitative estimate of drug-likeness (QED) is 0.849. The lowest BCUT2D eigenvalue weighted by Gasteiger charge is -2.23. The Bertz CT molecular complexity index is 416. The first-order chi connectivity index (χ1) is 8.66. The SMILES string of the molecule is O=C(O)CC1CCCN1C(=O)NCc1ccco1. The number of aliphatic carboxylic acids is 1. The Hall–Kier alpha value is -1.98. The molecule has 6 heteroatoms. The minimum Gasteiger partial charge on any atom is -0.481 e. The van der Waals surface area contributed by atoms with Gasteiger partial charge in [-0.15, -0.1) is 0 Å². The molecule has 1 aliphatic rings. The van der Waals surface area contributed by atoms with Crippen molar-refractivity contribution in [1.82, 2.24) is 10.2 Å². The summed E-state index contributed by atoms with van der Waals surface area (Å²) in [6, 6.07) is 3.11. The Balaban J connectivity index is 1.85. The van der Waals surface area contributed by atoms with Crippen molar-refractivity contribution in [2.24, 2.45) is 0 Å². The Morgan fingerprint density at radius 2 is 2.39 bits per heavy atom. The van der Waals surface area contributed by atoms with E-state index >= 15 is 0 Å². The molecule has 0 radical (unpaired) electrons. The van der Waals surface area contributed by atoms with Gasteiger partial charge in [-0.25, -0.2) is 4.79 Å². The Labute approximate surface area is 105 Å². The number of furan rings is 1. The maximum absolute atomic E-state index is 11.9. The number of nitrogens with one attached hydrogen (secondary N) is 1. The molecule has 2 N–H and O–H groups in total. The van der Waals surface area contributed by atoms with Crippen molar-refractivity contribution in [2.75, 3.05) is 6.54 Å². The highest BCUT2D eigenvalue weighted by molar-refractivity contribution is 5.76. The topological polar surface area (TPSA) is 82.8 Å². The molecule has 0 aromatic carbocycles. The number of amides is 2. The second kappa shape index (κ2) is 5.57. The molecule has 2 amide bonds. The summed E-state index contributed by atoms with van der Waals surface area (Å²) in [4.78, 5) is 24.2. The zero-order valence-electron chi connectivity index (χ0n) is 9.96. The summed E-state index contributed by atoms with van der Waals surface area (Å²) in [5, 5.41) is 11.5. The first-order valence-corrected chi connectivity index (χ1v) is 5.95. The minimum absolute atomic E-state index is 0.00811. The number of carbonyl (C=O) groups is 2. The summed E-state index contributed by atoms with van der Waals surface area (Å²) in [6.07, 6.45) is 3.16. The van der Waals surface area contributed by atoms with Crippen molar-refractivity contribution in [2.45, 2.75) is 31.8 Å². The van der Waals surface area contributed by atoms with E-state index in [1.807, 2.05) is 0 Å². The fraction of sp³-hybridized carbons (Fsp3) is 0.500. The molecule has 0 aliphatic carbocycles. The summed E-state index contributed by atoms with van der Waals surface area (Å²) in [6.45, 7) is 0.935. The van der Waals surface area contributed by atoms with Crippen LogP contribution in [0.5, 0.6) is 0 Å². The molecule has 0 spiro atoms. The standard InChI is InChI=1S/C12H16N2O4/c15-11(16)7-9-3-1-5-14(9)12(17)13-8-10-4-2-6-18-10/h2,4,6,9H,1,3,5,7-8H2,(H,13,17)(H,15,16). The minimum atomic E-state index is -0.870. The number of carbonyl (C=O) groups excluding carboxylic acids is 1. The van der Waals surface area contributed by atoms with E-state index in [1.165, 1.54) is 0 Å². The third-order valence-electron chi connectivity index (χ3n) is 3.04. The monoisotopic (exact) mass is 252 g/mol. The van der Waals surface area contributed by atoms with Crippen LogP contribution in [0.15, 0.2) is 22.8 Å². The summed E-state index contributed by atoms with van der Waals surface area (Å²) >= 11 is 0. The van der Waals surface area contributed by atoms with E-state index in [4.69, 9.17) is 9.52 Å². The smallest absolute Gasteiger partial charge is 0.318 e. The van der Waals surface area contributed by atoms with Gasteiger partial charge in [-0.3, -0.25) is 4.79 Å². The van der Waals surface area contributed by atoms with Crippen LogP contribution in [-0.4, -0.2) is 34.6 Å². The lowest BCUT2D eigenvalue weighted by molar-refractivity contribution is -0.137. The third kappa shape index (κ3) is 3.03. The first kappa shape index (κ1) is 12.5. The molecule has 0 saturated carbocycles. The van der Waals surface area contributed by atoms with Crippen molar-refractivity contribution in [3.05, 3.63) is 24.2 Å². The van der Waals surface area contributed by atoms with E-state index < -0.39 is 5.97 Å². The lowest BCUT2D eigenvalue weighted by atomic mass is 10.1. The third-order valence-corrected chi connectivity index (χ3v) is 3.04. The highest BCUT2D eigenvalue weighted by atomic mass is 16.4. The van der Waals surface area contributed by atoms with Crippen LogP contribution in [0.4, 0.5) is 4.79 Å². The summed E-state index contributed by atoms with van der Waals surface area (Å²) in [5.74, 6) is -0.192. The fourth-order valence-corrected chi connectivity index (χ4v) is 2.19. The number of hydrogen-bond donors (Lipinski definition) is 2. The average Bonchev–Trinajstić information content (AvgIpc) is 2.95. The molecule has 1 fully saturated rings. The molecule has 1 atom stereocenters. The van der Waals surface area contributed by atoms with Crippen molar-refractivity contribution in [3.8, 4) is 0 Å². The zero-order valence-corrected chi connectivity index (χ0v) is 9.96. The number of hydrogen-bond acceptors (Lipinski definition) is 3. The van der Waals surface area contributed by atoms with E-state index in [1.54, 1.807) is 23.3 Å². The van der Waals surface area contributed by atoms with Crippen LogP contribution in [0, 0.1) is 0 Å². The van der Waals surface area contributed by atoms with E-state index in [-0.39, 0.29) is 18.5 Å². The molecular formula is C12H16N2O4. The molecule has 0 bridgehead atoms. The van der Waals surface area contributed by atoms with Crippen LogP contribution < -0.4 is 5.32 Å². The Morgan fingerprint density at radius 3 is 3.06 bits per heavy atom. The normalized spacial score (nSPS) is 18.9. The predicted octanol–water partition coefficient (Wildman–Crippen LogP) is 1.43. The molecule has 2 heterocycles. The van der Waals surface area contributed by atoms with Crippen LogP contribution in [0.2, 0.25) is 0 Å². The number of carboxylic acid groups (broad SMARTS) is 1. The van der Waals surface area contributed by atoms with Gasteiger partial charge < -0.3 is 19.7 Å². The second-order valence-electron chi connectivity index (χ2n) is 4.33. The van der Waals surface area contributed by atoms with Gasteiger partial charge in [0.15, 0.2) is 0 Å². The van der Waals surface area contributed by atoms with Crippen molar-refractivity contribution < 1.29 is 19.1 Å². The fourth-order valence-electron chi connectivity index (χ4n) is 2.19. The highest BCUT2D eigenvalue weighted by Gasteiger charge is 2.30. The number of urea groups is 1. The summed E-state index contributed by atoms with van der Waals surface area (Å²) in [7, 11) is 0. The van der Waals surface area contributed by atoms with Gasteiger partial charge in [-0.1, -0.05) is 0 Å². The summed E-state index contributed by atoms with van der Waals surface area (Å²) < 4.78 is 5.11. The zero-order chi connectivity index (χ0) is 13.0. The van der Waals surface area contributed by atoms with E-state index in [9.17, 15) is 9.59 Å². The Kier molecular flexibility index (Phi) is 3.86. The molecule has 98 valence electrons. The number of rotatable bonds is 4. The average molecular weight is 252 g/mol. The van der Waals surface area contributed by atoms with Gasteiger partial charge >= 0.3 is 12.0 Å². The van der Waals surface area contributed by atoms with Crippen LogP contribution >= 0.6 is 0 Å². The van der Waals surface area contributed by atoms with E-state index in [0.717, 1.165) is 12.8 Å². The van der Waals surface area contributed by atoms with Crippen molar-refractivity contribution in [1.29, 1.82) is 0 Å². The molecule has 1 saturated heterocycles. The highest BCUT2D eigenvalue weighted by Crippen LogP contribution is 2.20. The number of nitrogens with zero attached hydrogens (tertiary/aromatic N) is 1. The van der Waals surface area contributed by atoms with Crippen LogP contribution in [0.3, 0.4) is 0 Å². The molecule has 18 heavy (non-hydrogen) atoms. The van der Waals surface area contributed by atoms with Gasteiger partial charge in [0, 0.05) is 12.6 Å². The predicted molar refractivity (Wildman–Crippen MR) is 62.9 cm³/mol. The van der Waals surface area contributed by atoms with Gasteiger partial charge in [0.1, 0.15) is 5.76 Å². The number of carboxylic acids is 1. The molecule has 1 unspecified atom stereocenters. The largest absolute Gasteiger partial charge is 0.481 e. The first-order valence-electron chi connectivity index (χ1n) is 5.95. The van der Waals surface area contributed by atoms with Crippen molar-refractivity contribution in [3.63, 3.8) is 0 Å². The van der Waals surface area contributed by atoms with Gasteiger partial charge in [0.2, 0.25) is 0 Å². The maximum atomic E-state index is 11.9. The molecule has 1 aliphatic heterocycles. The van der Waals surface area contributed by atoms with Crippen LogP contribution in [0.1, 0.15) is 25.0 Å². The van der Waals surface area contributed by atoms with E-state index in [2.05, 4.69) is 5.32 Å².